The minimum atomic E-state index is 0.856. The summed E-state index contributed by atoms with van der Waals surface area (Å²) in [4.78, 5) is 0. The van der Waals surface area contributed by atoms with Gasteiger partial charge in [-0.1, -0.05) is 122 Å². The maximum absolute atomic E-state index is 2.43. The van der Waals surface area contributed by atoms with E-state index >= 15 is 0 Å². The second-order valence-electron chi connectivity index (χ2n) is 14.5. The molecule has 3 fully saturated rings. The minimum Gasteiger partial charge on any atom is -0.0885 e. The summed E-state index contributed by atoms with van der Waals surface area (Å²) in [6.45, 7) is 0. The van der Waals surface area contributed by atoms with Crippen molar-refractivity contribution >= 4 is 0 Å². The van der Waals surface area contributed by atoms with E-state index in [4.69, 9.17) is 0 Å². The van der Waals surface area contributed by atoms with Gasteiger partial charge in [-0.15, -0.1) is 0 Å². The van der Waals surface area contributed by atoms with E-state index in [1.165, 1.54) is 128 Å². The van der Waals surface area contributed by atoms with Gasteiger partial charge in [-0.25, -0.2) is 0 Å². The fourth-order valence-corrected chi connectivity index (χ4v) is 8.37. The molecule has 9 aliphatic carbocycles. The molecule has 0 spiro atoms. The summed E-state index contributed by atoms with van der Waals surface area (Å²) >= 11 is 0. The molecule has 5 unspecified atom stereocenters. The van der Waals surface area contributed by atoms with Crippen LogP contribution in [-0.2, 0) is 12.8 Å². The zero-order valence-electron chi connectivity index (χ0n) is 28.3. The molecule has 5 atom stereocenters. The number of rotatable bonds is 0. The van der Waals surface area contributed by atoms with Gasteiger partial charge in [0.2, 0.25) is 0 Å². The van der Waals surface area contributed by atoms with E-state index in [0.29, 0.717) is 0 Å². The smallest absolute Gasteiger partial charge is 0.00169 e. The third kappa shape index (κ3) is 11.9. The fraction of sp³-hybridized carbons (Fsp3) is 0.556. The maximum atomic E-state index is 2.43. The normalized spacial score (nSPS) is 29.6. The molecular formula is C45H62. The summed E-state index contributed by atoms with van der Waals surface area (Å²) < 4.78 is 0. The first-order chi connectivity index (χ1) is 22.3. The monoisotopic (exact) mass is 602 g/mol. The quantitative estimate of drug-likeness (QED) is 0.259. The lowest BCUT2D eigenvalue weighted by Gasteiger charge is -2.23. The summed E-state index contributed by atoms with van der Waals surface area (Å²) in [5.41, 5.74) is 4.83. The summed E-state index contributed by atoms with van der Waals surface area (Å²) in [5, 5.41) is 0. The highest BCUT2D eigenvalue weighted by Crippen LogP contribution is 2.39. The van der Waals surface area contributed by atoms with Gasteiger partial charge in [-0.3, -0.25) is 0 Å². The zero-order chi connectivity index (χ0) is 30.8. The van der Waals surface area contributed by atoms with Crippen LogP contribution in [0.25, 0.3) is 0 Å². The van der Waals surface area contributed by atoms with E-state index < -0.39 is 0 Å². The second kappa shape index (κ2) is 19.8. The topological polar surface area (TPSA) is 0 Å². The maximum Gasteiger partial charge on any atom is -0.00169 e. The zero-order valence-corrected chi connectivity index (χ0v) is 28.3. The van der Waals surface area contributed by atoms with Crippen LogP contribution in [0, 0.1) is 29.6 Å². The van der Waals surface area contributed by atoms with Crippen molar-refractivity contribution < 1.29 is 0 Å². The Kier molecular flexibility index (Phi) is 14.9. The van der Waals surface area contributed by atoms with E-state index in [9.17, 15) is 0 Å². The Bertz CT molecular complexity index is 1140. The first-order valence-electron chi connectivity index (χ1n) is 19.1. The van der Waals surface area contributed by atoms with E-state index in [0.717, 1.165) is 29.6 Å². The lowest BCUT2D eigenvalue weighted by atomic mass is 9.82. The number of hydrogen-bond acceptors (Lipinski definition) is 0. The molecule has 0 heteroatoms. The largest absolute Gasteiger partial charge is 0.0885 e. The molecule has 0 radical (unpaired) electrons. The number of fused-ring (bicyclic) bond motifs is 5. The fourth-order valence-electron chi connectivity index (χ4n) is 8.37. The molecule has 45 heavy (non-hydrogen) atoms. The third-order valence-electron chi connectivity index (χ3n) is 11.1. The van der Waals surface area contributed by atoms with Gasteiger partial charge in [-0.05, 0) is 156 Å². The van der Waals surface area contributed by atoms with Crippen molar-refractivity contribution in [2.24, 2.45) is 29.6 Å². The molecule has 2 bridgehead atoms. The summed E-state index contributed by atoms with van der Waals surface area (Å²) in [7, 11) is 0. The first kappa shape index (κ1) is 33.8. The Morgan fingerprint density at radius 1 is 0.489 bits per heavy atom. The number of hydrogen-bond donors (Lipinski definition) is 0. The van der Waals surface area contributed by atoms with Gasteiger partial charge in [0, 0.05) is 0 Å². The van der Waals surface area contributed by atoms with Crippen LogP contribution in [0.15, 0.2) is 109 Å². The molecule has 242 valence electrons. The standard InChI is InChI=1S/C10H12.C9H14.C8H10.C7H10.C6H8.C5H8/c1-2-6-10-8-4-3-7-9(10)5-1;1-2-5-9-7-3-6-8(9)4-1;1-3-7-5-2-6-8(7)4-1;1-2-7-4-3-6(1)5-7;1-2-4-6-5-3-1;1-2-4-5-3-1/h1-2,5-6H,3-4,7-8H2;3,6,8-9H,1-2,4-5,7H2;1,3-4,7H,2,5-6H2;1-2,6-7H,3-5H2;1-4H,5-6H2;1-2H,3-5H2. The van der Waals surface area contributed by atoms with Crippen LogP contribution in [0.3, 0.4) is 0 Å². The molecule has 0 N–H and O–H groups in total. The number of allylic oxidation sites excluding steroid dienone is 14. The van der Waals surface area contributed by atoms with Crippen molar-refractivity contribution in [1.82, 2.24) is 0 Å². The highest BCUT2D eigenvalue weighted by Gasteiger charge is 2.26. The Morgan fingerprint density at radius 3 is 1.69 bits per heavy atom. The molecule has 0 saturated heterocycles. The molecule has 0 heterocycles. The molecule has 0 aromatic heterocycles. The minimum absolute atomic E-state index is 0.856. The molecule has 1 aromatic rings. The van der Waals surface area contributed by atoms with Crippen molar-refractivity contribution in [2.75, 3.05) is 0 Å². The van der Waals surface area contributed by atoms with Crippen LogP contribution in [-0.4, -0.2) is 0 Å². The van der Waals surface area contributed by atoms with Gasteiger partial charge in [0.15, 0.2) is 0 Å². The Hall–Kier alpha value is -2.60. The molecule has 0 aliphatic heterocycles. The van der Waals surface area contributed by atoms with Crippen LogP contribution in [0.2, 0.25) is 0 Å². The van der Waals surface area contributed by atoms with Gasteiger partial charge in [0.05, 0.1) is 0 Å². The molecule has 0 amide bonds. The van der Waals surface area contributed by atoms with E-state index in [2.05, 4.69) is 103 Å². The molecule has 1 aromatic carbocycles. The summed E-state index contributed by atoms with van der Waals surface area (Å²) in [6, 6.07) is 8.80. The van der Waals surface area contributed by atoms with Crippen LogP contribution >= 0.6 is 0 Å². The van der Waals surface area contributed by atoms with Crippen LogP contribution in [0.5, 0.6) is 0 Å². The van der Waals surface area contributed by atoms with Gasteiger partial charge < -0.3 is 0 Å². The second-order valence-corrected chi connectivity index (χ2v) is 14.5. The van der Waals surface area contributed by atoms with Gasteiger partial charge in [0.25, 0.3) is 0 Å². The van der Waals surface area contributed by atoms with Crippen molar-refractivity contribution in [3.05, 3.63) is 120 Å². The lowest BCUT2D eigenvalue weighted by Crippen LogP contribution is -2.12. The highest BCUT2D eigenvalue weighted by atomic mass is 14.3. The average molecular weight is 603 g/mol. The van der Waals surface area contributed by atoms with Crippen LogP contribution in [0.1, 0.15) is 127 Å². The molecule has 0 nitrogen and oxygen atoms in total. The Balaban J connectivity index is 0.000000108. The predicted molar refractivity (Wildman–Crippen MR) is 197 cm³/mol. The molecular weight excluding hydrogens is 540 g/mol. The first-order valence-corrected chi connectivity index (χ1v) is 19.1. The summed E-state index contributed by atoms with van der Waals surface area (Å²) in [6.07, 6.45) is 57.2. The summed E-state index contributed by atoms with van der Waals surface area (Å²) in [5.74, 6) is 4.88. The van der Waals surface area contributed by atoms with Crippen LogP contribution < -0.4 is 0 Å². The highest BCUT2D eigenvalue weighted by molar-refractivity contribution is 5.30. The van der Waals surface area contributed by atoms with Gasteiger partial charge in [0.1, 0.15) is 0 Å². The molecule has 3 saturated carbocycles. The lowest BCUT2D eigenvalue weighted by molar-refractivity contribution is 0.304. The van der Waals surface area contributed by atoms with Crippen molar-refractivity contribution in [1.29, 1.82) is 0 Å². The van der Waals surface area contributed by atoms with Crippen molar-refractivity contribution in [2.45, 2.75) is 128 Å². The molecule has 10 rings (SSSR count). The van der Waals surface area contributed by atoms with E-state index in [-0.39, 0.29) is 0 Å². The van der Waals surface area contributed by atoms with Crippen molar-refractivity contribution in [3.8, 4) is 0 Å². The van der Waals surface area contributed by atoms with E-state index in [1.807, 2.05) is 0 Å². The Labute approximate surface area is 277 Å². The van der Waals surface area contributed by atoms with Crippen molar-refractivity contribution in [3.63, 3.8) is 0 Å². The predicted octanol–water partition coefficient (Wildman–Crippen LogP) is 13.2. The third-order valence-corrected chi connectivity index (χ3v) is 11.1. The SMILES string of the molecule is C1=CC2CCC1C2.C1=CC2CCCC2=C1.C1=CC2CCCCC2C1.C1=CCCC1.C1=CCCC=C1.c1ccc2c(c1)CCCC2. The van der Waals surface area contributed by atoms with E-state index in [1.54, 1.807) is 16.7 Å². The number of benzene rings is 1. The Morgan fingerprint density at radius 2 is 1.18 bits per heavy atom. The number of aryl methyl sites for hydroxylation is 2. The van der Waals surface area contributed by atoms with Gasteiger partial charge >= 0.3 is 0 Å². The van der Waals surface area contributed by atoms with Crippen LogP contribution in [0.4, 0.5) is 0 Å². The molecule has 9 aliphatic rings. The van der Waals surface area contributed by atoms with Gasteiger partial charge in [-0.2, -0.15) is 0 Å². The average Bonchev–Trinajstić information content (AvgIpc) is 3.96.